The van der Waals surface area contributed by atoms with Crippen molar-refractivity contribution in [2.45, 2.75) is 121 Å². The van der Waals surface area contributed by atoms with Crippen LogP contribution >= 0.6 is 0 Å². The Morgan fingerprint density at radius 1 is 0.225 bits per heavy atom. The number of nitrogens with zero attached hydrogens (tertiary/aromatic N) is 18. The Balaban J connectivity index is 0.000000180. The van der Waals surface area contributed by atoms with Crippen LogP contribution < -0.4 is 0 Å². The highest BCUT2D eigenvalue weighted by Gasteiger charge is 2.26. The molecule has 708 valence electrons. The number of benzene rings is 6. The van der Waals surface area contributed by atoms with Gasteiger partial charge in [0.2, 0.25) is 35.4 Å². The molecule has 0 bridgehead atoms. The molecule has 0 fully saturated rings. The molecule has 24 heteroatoms. The standard InChI is InChI=1S/6C19H21N3O/c6*1-13-5-8-15(9-6-13)19-16(11-18(23)21(3)4)22-12-14(2)7-10-17(22)20-19/h6*5-10,12H,11H2,1-4H3/i2D3,3D3,5D,6D,8D,9D,11D;3D3,5D,6D,8D,9D,11D;1D3,2D3,3D3,11D;2D3,3D3,11D;1D3,3D3,11D;3D3,11D. The number of aromatic nitrogens is 12. The lowest BCUT2D eigenvalue weighted by molar-refractivity contribution is -0.128. The third-order valence-electron chi connectivity index (χ3n) is 20.9. The van der Waals surface area contributed by atoms with Crippen LogP contribution in [0.1, 0.15) is 165 Å². The van der Waals surface area contributed by atoms with Crippen molar-refractivity contribution in [3.05, 3.63) is 356 Å². The molecule has 24 nitrogen and oxygen atoms in total. The minimum Gasteiger partial charge on any atom is -0.348 e. The van der Waals surface area contributed by atoms with Crippen molar-refractivity contribution < 1.29 is 93.2 Å². The lowest BCUT2D eigenvalue weighted by atomic mass is 10.1. The molecule has 0 aliphatic heterocycles. The van der Waals surface area contributed by atoms with Gasteiger partial charge in [-0.2, -0.15) is 0 Å². The van der Waals surface area contributed by atoms with E-state index in [4.69, 9.17) is 64.4 Å². The second-order valence-electron chi connectivity index (χ2n) is 32.0. The summed E-state index contributed by atoms with van der Waals surface area (Å²) in [5.74, 6) is -5.82. The number of hydrogen-bond acceptors (Lipinski definition) is 12. The number of amides is 6. The lowest BCUT2D eigenvalue weighted by Gasteiger charge is -2.11. The zero-order chi connectivity index (χ0) is 139. The average molecular weight is 1890 g/mol. The first-order valence-corrected chi connectivity index (χ1v) is 42.2. The van der Waals surface area contributed by atoms with Gasteiger partial charge in [0, 0.05) is 208 Å². The lowest BCUT2D eigenvalue weighted by Crippen LogP contribution is -2.24. The SMILES string of the molecule is [2H]C(C(=O)N(C)C([2H])([2H])[2H])c1c(-c2ccc(C([2H])([2H])[2H])cc2)nc2ccc(C([2H])([2H])[2H])cn12.[2H]C(C(=O)N(C)C([2H])([2H])[2H])c1c(-c2ccc(C([2H])([2H])[2H])cc2)nc2ccc(C)cn12.[2H]C(C(=O)N(C)C([2H])([2H])[2H])c1c(-c2ccc(C)cc2)nc2ccc(C([2H])([2H])[2H])cn12.[2H]C(C(=O)N(C)C([2H])([2H])[2H])c1c(-c2ccc(C)cc2)nc2ccc(C)cn12.[2H]c1c([2H])c(-c2nc3ccc(C([2H])([2H])[2H])cn3c2C([2H])C(=O)N(C)C([2H])([2H])[2H])c([2H])c([2H])c1C.[2H]c1c([2H])c(-c2nc3ccc(C)cn3c2C([2H])C(=O)N(C)C([2H])([2H])[2H])c([2H])c([2H])c1C. The van der Waals surface area contributed by atoms with E-state index in [0.29, 0.717) is 91.5 Å². The van der Waals surface area contributed by atoms with E-state index in [-0.39, 0.29) is 143 Å². The number of pyridine rings is 6. The molecule has 6 amide bonds. The third-order valence-corrected chi connectivity index (χ3v) is 20.9. The fourth-order valence-electron chi connectivity index (χ4n) is 13.7. The van der Waals surface area contributed by atoms with Crippen molar-refractivity contribution in [1.29, 1.82) is 0 Å². The number of aryl methyl sites for hydroxylation is 10. The first-order valence-electron chi connectivity index (χ1n) is 66.2. The number of carbonyl (C=O) groups is 6. The molecular formula is C114H126N18O6. The smallest absolute Gasteiger partial charge is 0.228 e. The molecule has 12 heterocycles. The molecule has 0 N–H and O–H groups in total. The molecule has 0 saturated heterocycles. The highest BCUT2D eigenvalue weighted by Crippen LogP contribution is 2.34. The van der Waals surface area contributed by atoms with Crippen molar-refractivity contribution in [3.63, 3.8) is 0 Å². The van der Waals surface area contributed by atoms with E-state index in [0.717, 1.165) is 79.2 Å². The Hall–Kier alpha value is -15.7. The summed E-state index contributed by atoms with van der Waals surface area (Å²) in [7, 11) is 6.56. The van der Waals surface area contributed by atoms with Gasteiger partial charge in [-0.25, -0.2) is 29.9 Å². The second-order valence-corrected chi connectivity index (χ2v) is 32.0. The Labute approximate surface area is 875 Å². The van der Waals surface area contributed by atoms with Crippen molar-refractivity contribution in [2.75, 3.05) is 84.1 Å². The molecule has 12 aromatic heterocycles. The van der Waals surface area contributed by atoms with E-state index < -0.39 is 162 Å². The van der Waals surface area contributed by atoms with Crippen LogP contribution in [-0.2, 0) is 67.1 Å². The van der Waals surface area contributed by atoms with Gasteiger partial charge in [-0.15, -0.1) is 0 Å². The van der Waals surface area contributed by atoms with Crippen LogP contribution in [-0.4, -0.2) is 205 Å². The van der Waals surface area contributed by atoms with Gasteiger partial charge >= 0.3 is 0 Å². The molecule has 138 heavy (non-hydrogen) atoms. The van der Waals surface area contributed by atoms with Gasteiger partial charge in [-0.05, 0) is 153 Å². The number of fused-ring (bicyclic) bond motifs is 6. The van der Waals surface area contributed by atoms with Crippen LogP contribution in [0.25, 0.3) is 101 Å². The maximum absolute atomic E-state index is 12.9. The largest absolute Gasteiger partial charge is 0.348 e. The molecule has 6 unspecified atom stereocenters. The van der Waals surface area contributed by atoms with Crippen molar-refractivity contribution in [1.82, 2.24) is 85.7 Å². The molecule has 0 aliphatic rings. The van der Waals surface area contributed by atoms with Crippen molar-refractivity contribution in [2.24, 2.45) is 0 Å². The number of rotatable bonds is 18. The molecule has 6 atom stereocenters. The maximum atomic E-state index is 12.9. The van der Waals surface area contributed by atoms with Gasteiger partial charge in [0.15, 0.2) is 0 Å². The quantitative estimate of drug-likeness (QED) is 0.0782. The van der Waals surface area contributed by atoms with Gasteiger partial charge in [-0.1, -0.05) is 215 Å². The zero-order valence-corrected chi connectivity index (χ0v) is 77.1. The molecule has 0 saturated carbocycles. The fraction of sp³-hybridized carbons (Fsp3) is 0.263. The molecule has 18 aromatic rings. The number of imidazole rings is 6. The van der Waals surface area contributed by atoms with Crippen molar-refractivity contribution >= 4 is 69.3 Å². The van der Waals surface area contributed by atoms with Crippen molar-refractivity contribution in [3.8, 4) is 67.5 Å². The van der Waals surface area contributed by atoms with E-state index >= 15 is 0 Å². The summed E-state index contributed by atoms with van der Waals surface area (Å²) in [6.45, 7) is -16.0. The minimum absolute atomic E-state index is 0.0212. The fourth-order valence-corrected chi connectivity index (χ4v) is 13.7. The van der Waals surface area contributed by atoms with Crippen LogP contribution in [0.15, 0.2) is 255 Å². The summed E-state index contributed by atoms with van der Waals surface area (Å²) in [6.07, 6.45) is -1.09. The Morgan fingerprint density at radius 3 is 0.580 bits per heavy atom. The van der Waals surface area contributed by atoms with E-state index in [1.807, 2.05) is 82.3 Å². The van der Waals surface area contributed by atoms with E-state index in [1.165, 1.54) is 119 Å². The second kappa shape index (κ2) is 43.7. The summed E-state index contributed by atoms with van der Waals surface area (Å²) in [5.41, 5.74) is 10.4. The van der Waals surface area contributed by atoms with E-state index in [2.05, 4.69) is 29.9 Å². The number of likely N-dealkylation sites (N-methyl/N-ethyl adjacent to an activating group) is 6. The molecule has 0 radical (unpaired) electrons. The van der Waals surface area contributed by atoms with Crippen LogP contribution in [0.4, 0.5) is 0 Å². The summed E-state index contributed by atoms with van der Waals surface area (Å²) in [6, 6.07) is 42.9. The molecular weight excluding hydrogens is 1720 g/mol. The van der Waals surface area contributed by atoms with Gasteiger partial charge in [0.1, 0.15) is 33.9 Å². The molecule has 0 spiro atoms. The predicted octanol–water partition coefficient (Wildman–Crippen LogP) is 19.5. The Bertz CT molecular complexity index is 9590. The average Bonchev–Trinajstić information content (AvgIpc) is 1.58. The highest BCUT2D eigenvalue weighted by molar-refractivity contribution is 5.87. The van der Waals surface area contributed by atoms with Gasteiger partial charge in [-0.3, -0.25) is 28.8 Å². The predicted molar refractivity (Wildman–Crippen MR) is 555 cm³/mol. The van der Waals surface area contributed by atoms with Crippen LogP contribution in [0, 0.1) is 82.7 Å². The van der Waals surface area contributed by atoms with Crippen LogP contribution in [0.3, 0.4) is 0 Å². The third kappa shape index (κ3) is 24.1. The molecule has 18 rings (SSSR count). The minimum atomic E-state index is -2.85. The Kier molecular flexibility index (Phi) is 17.3. The Morgan fingerprint density at radius 2 is 0.391 bits per heavy atom. The van der Waals surface area contributed by atoms with Crippen LogP contribution in [0.5, 0.6) is 0 Å². The maximum Gasteiger partial charge on any atom is 0.228 e. The molecule has 0 aliphatic carbocycles. The summed E-state index contributed by atoms with van der Waals surface area (Å²) in [5, 5.41) is 0. The zero-order valence-electron chi connectivity index (χ0n) is 124. The number of carbonyl (C=O) groups excluding carboxylic acids is 6. The van der Waals surface area contributed by atoms with Gasteiger partial charge in [0.25, 0.3) is 0 Å². The first-order chi connectivity index (χ1) is 85.0. The van der Waals surface area contributed by atoms with Gasteiger partial charge < -0.3 is 55.8 Å². The first kappa shape index (κ1) is 54.7. The topological polar surface area (TPSA) is 226 Å². The summed E-state index contributed by atoms with van der Waals surface area (Å²) >= 11 is 0. The highest BCUT2D eigenvalue weighted by atomic mass is 16.2. The normalized spacial score (nSPS) is 18.3. The monoisotopic (exact) mass is 1890 g/mol. The van der Waals surface area contributed by atoms with E-state index in [9.17, 15) is 28.8 Å². The summed E-state index contributed by atoms with van der Waals surface area (Å²) in [4.78, 5) is 107. The van der Waals surface area contributed by atoms with Gasteiger partial charge in [0.05, 0.1) is 118 Å². The van der Waals surface area contributed by atoms with Crippen LogP contribution in [0.2, 0.25) is 0 Å². The van der Waals surface area contributed by atoms with E-state index in [1.54, 1.807) is 76.8 Å². The molecule has 6 aromatic carbocycles. The number of hydrogen-bond donors (Lipinski definition) is 0. The summed E-state index contributed by atoms with van der Waals surface area (Å²) < 4.78 is 374.